The molecule has 0 aliphatic heterocycles. The van der Waals surface area contributed by atoms with E-state index in [9.17, 15) is 14.4 Å². The number of amides is 2. The lowest BCUT2D eigenvalue weighted by molar-refractivity contribution is -0.127. The van der Waals surface area contributed by atoms with Gasteiger partial charge in [0.2, 0.25) is 17.6 Å². The normalized spacial score (nSPS) is 11.5. The van der Waals surface area contributed by atoms with Crippen LogP contribution in [0.5, 0.6) is 17.2 Å². The van der Waals surface area contributed by atoms with Gasteiger partial charge in [-0.3, -0.25) is 19.3 Å². The van der Waals surface area contributed by atoms with Crippen molar-refractivity contribution in [3.63, 3.8) is 0 Å². The number of carbonyl (C=O) groups excluding carboxylic acids is 3. The first-order chi connectivity index (χ1) is 21.8. The second-order valence-corrected chi connectivity index (χ2v) is 10.2. The third kappa shape index (κ3) is 6.62. The number of methoxy groups -OCH3 is 3. The molecular weight excluding hydrogens is 574 g/mol. The van der Waals surface area contributed by atoms with E-state index in [0.717, 1.165) is 5.56 Å². The Morgan fingerprint density at radius 3 is 2.20 bits per heavy atom. The SMILES string of the molecule is COc1cc([C@@H](C(=O)NCc2ccccc2)N(C(=O)Cn2nnc3ccccc32)c2cccc(C(C)=O)c2)cc(OC)c1OC. The van der Waals surface area contributed by atoms with Gasteiger partial charge in [-0.2, -0.15) is 0 Å². The molecule has 11 heteroatoms. The summed E-state index contributed by atoms with van der Waals surface area (Å²) >= 11 is 0. The van der Waals surface area contributed by atoms with Crippen molar-refractivity contribution in [3.05, 3.63) is 108 Å². The van der Waals surface area contributed by atoms with Crippen molar-refractivity contribution < 1.29 is 28.6 Å². The summed E-state index contributed by atoms with van der Waals surface area (Å²) in [6.07, 6.45) is 0. The molecule has 1 heterocycles. The lowest BCUT2D eigenvalue weighted by Gasteiger charge is -2.32. The number of anilines is 1. The van der Waals surface area contributed by atoms with Crippen molar-refractivity contribution in [3.8, 4) is 17.2 Å². The van der Waals surface area contributed by atoms with E-state index in [-0.39, 0.29) is 18.9 Å². The number of para-hydroxylation sites is 1. The van der Waals surface area contributed by atoms with Crippen LogP contribution in [0.4, 0.5) is 5.69 Å². The van der Waals surface area contributed by atoms with E-state index in [2.05, 4.69) is 15.6 Å². The van der Waals surface area contributed by atoms with Crippen LogP contribution in [0, 0.1) is 0 Å². The summed E-state index contributed by atoms with van der Waals surface area (Å²) in [5.74, 6) is -0.194. The van der Waals surface area contributed by atoms with Crippen molar-refractivity contribution in [2.24, 2.45) is 0 Å². The molecule has 0 spiro atoms. The molecule has 0 saturated carbocycles. The number of benzene rings is 4. The fraction of sp³-hybridized carbons (Fsp3) is 0.206. The topological polar surface area (TPSA) is 125 Å². The number of fused-ring (bicyclic) bond motifs is 1. The Morgan fingerprint density at radius 2 is 1.53 bits per heavy atom. The van der Waals surface area contributed by atoms with Crippen LogP contribution in [0.25, 0.3) is 11.0 Å². The highest BCUT2D eigenvalue weighted by atomic mass is 16.5. The van der Waals surface area contributed by atoms with Gasteiger partial charge in [-0.25, -0.2) is 4.68 Å². The zero-order valence-corrected chi connectivity index (χ0v) is 25.4. The standard InChI is InChI=1S/C34H33N5O6/c1-22(40)24-13-10-14-26(17-24)39(31(41)21-38-28-16-9-8-15-27(28)36-37-38)32(34(42)35-20-23-11-6-5-7-12-23)25-18-29(43-2)33(45-4)30(19-25)44-3/h5-19,32H,20-21H2,1-4H3,(H,35,42)/t32-/m0/s1. The van der Waals surface area contributed by atoms with Gasteiger partial charge < -0.3 is 19.5 Å². The summed E-state index contributed by atoms with van der Waals surface area (Å²) in [5.41, 5.74) is 3.26. The molecule has 11 nitrogen and oxygen atoms in total. The summed E-state index contributed by atoms with van der Waals surface area (Å²) in [7, 11) is 4.43. The van der Waals surface area contributed by atoms with Crippen molar-refractivity contribution in [2.45, 2.75) is 26.1 Å². The van der Waals surface area contributed by atoms with Crippen molar-refractivity contribution >= 4 is 34.3 Å². The number of hydrogen-bond acceptors (Lipinski definition) is 8. The van der Waals surface area contributed by atoms with Crippen LogP contribution < -0.4 is 24.4 Å². The lowest BCUT2D eigenvalue weighted by atomic mass is 10.0. The first-order valence-electron chi connectivity index (χ1n) is 14.2. The molecule has 1 N–H and O–H groups in total. The molecule has 0 fully saturated rings. The van der Waals surface area contributed by atoms with Crippen LogP contribution in [0.2, 0.25) is 0 Å². The van der Waals surface area contributed by atoms with Gasteiger partial charge in [0.15, 0.2) is 17.3 Å². The zero-order valence-electron chi connectivity index (χ0n) is 25.4. The molecule has 230 valence electrons. The molecule has 45 heavy (non-hydrogen) atoms. The van der Waals surface area contributed by atoms with Gasteiger partial charge in [-0.05, 0) is 54.4 Å². The fourth-order valence-corrected chi connectivity index (χ4v) is 5.11. The molecule has 0 unspecified atom stereocenters. The average molecular weight is 608 g/mol. The second-order valence-electron chi connectivity index (χ2n) is 10.2. The monoisotopic (exact) mass is 607 g/mol. The highest BCUT2D eigenvalue weighted by molar-refractivity contribution is 6.03. The molecule has 0 radical (unpaired) electrons. The van der Waals surface area contributed by atoms with Crippen molar-refractivity contribution in [1.82, 2.24) is 20.3 Å². The minimum atomic E-state index is -1.23. The second kappa shape index (κ2) is 13.7. The fourth-order valence-electron chi connectivity index (χ4n) is 5.11. The van der Waals surface area contributed by atoms with Crippen LogP contribution in [0.15, 0.2) is 91.0 Å². The number of nitrogens with zero attached hydrogens (tertiary/aromatic N) is 4. The van der Waals surface area contributed by atoms with Crippen LogP contribution in [0.3, 0.4) is 0 Å². The van der Waals surface area contributed by atoms with E-state index in [1.54, 1.807) is 42.5 Å². The Labute approximate surface area is 260 Å². The average Bonchev–Trinajstić information content (AvgIpc) is 3.48. The van der Waals surface area contributed by atoms with Crippen molar-refractivity contribution in [2.75, 3.05) is 26.2 Å². The Bertz CT molecular complexity index is 1810. The predicted octanol–water partition coefficient (Wildman–Crippen LogP) is 4.75. The first-order valence-corrected chi connectivity index (χ1v) is 14.2. The molecule has 5 rings (SSSR count). The molecule has 1 atom stereocenters. The summed E-state index contributed by atoms with van der Waals surface area (Å²) < 4.78 is 18.2. The van der Waals surface area contributed by atoms with Gasteiger partial charge in [0.25, 0.3) is 0 Å². The summed E-state index contributed by atoms with van der Waals surface area (Å²) in [6.45, 7) is 1.41. The van der Waals surface area contributed by atoms with E-state index >= 15 is 0 Å². The maximum absolute atomic E-state index is 14.4. The number of carbonyl (C=O) groups is 3. The number of ketones is 1. The van der Waals surface area contributed by atoms with E-state index in [0.29, 0.717) is 45.1 Å². The number of Topliss-reactive ketones (excluding diaryl/α,β-unsaturated/α-hetero) is 1. The van der Waals surface area contributed by atoms with Gasteiger partial charge in [0.1, 0.15) is 18.1 Å². The first kappa shape index (κ1) is 30.7. The molecular formula is C34H33N5O6. The zero-order chi connectivity index (χ0) is 31.9. The lowest BCUT2D eigenvalue weighted by Crippen LogP contribution is -2.45. The molecule has 0 bridgehead atoms. The van der Waals surface area contributed by atoms with Crippen LogP contribution in [-0.2, 0) is 22.7 Å². The van der Waals surface area contributed by atoms with Gasteiger partial charge in [-0.1, -0.05) is 59.8 Å². The highest BCUT2D eigenvalue weighted by Gasteiger charge is 2.35. The third-order valence-electron chi connectivity index (χ3n) is 7.32. The van der Waals surface area contributed by atoms with E-state index in [4.69, 9.17) is 14.2 Å². The number of nitrogens with one attached hydrogen (secondary N) is 1. The molecule has 5 aromatic rings. The van der Waals surface area contributed by atoms with Crippen LogP contribution in [-0.4, -0.2) is 53.9 Å². The van der Waals surface area contributed by atoms with Gasteiger partial charge in [0.05, 0.1) is 26.8 Å². The molecule has 0 saturated heterocycles. The minimum Gasteiger partial charge on any atom is -0.493 e. The summed E-state index contributed by atoms with van der Waals surface area (Å²) in [5, 5.41) is 11.4. The Hall–Kier alpha value is -5.71. The maximum atomic E-state index is 14.4. The van der Waals surface area contributed by atoms with Crippen LogP contribution in [0.1, 0.15) is 34.5 Å². The van der Waals surface area contributed by atoms with E-state index < -0.39 is 17.9 Å². The van der Waals surface area contributed by atoms with Crippen molar-refractivity contribution in [1.29, 1.82) is 0 Å². The number of ether oxygens (including phenoxy) is 3. The Kier molecular flexibility index (Phi) is 9.37. The van der Waals surface area contributed by atoms with Gasteiger partial charge >= 0.3 is 0 Å². The Balaban J connectivity index is 1.67. The molecule has 4 aromatic carbocycles. The molecule has 2 amide bonds. The summed E-state index contributed by atoms with van der Waals surface area (Å²) in [6, 6.07) is 25.3. The van der Waals surface area contributed by atoms with E-state index in [1.807, 2.05) is 48.5 Å². The minimum absolute atomic E-state index is 0.190. The quantitative estimate of drug-likeness (QED) is 0.202. The van der Waals surface area contributed by atoms with Crippen LogP contribution >= 0.6 is 0 Å². The largest absolute Gasteiger partial charge is 0.493 e. The molecule has 0 aliphatic carbocycles. The maximum Gasteiger partial charge on any atom is 0.249 e. The van der Waals surface area contributed by atoms with Gasteiger partial charge in [-0.15, -0.1) is 5.10 Å². The smallest absolute Gasteiger partial charge is 0.249 e. The predicted molar refractivity (Wildman–Crippen MR) is 169 cm³/mol. The van der Waals surface area contributed by atoms with E-state index in [1.165, 1.54) is 37.8 Å². The Morgan fingerprint density at radius 1 is 0.844 bits per heavy atom. The molecule has 0 aliphatic rings. The number of aromatic nitrogens is 3. The molecule has 1 aromatic heterocycles. The summed E-state index contributed by atoms with van der Waals surface area (Å²) in [4.78, 5) is 42.5. The number of rotatable bonds is 12. The number of hydrogen-bond donors (Lipinski definition) is 1. The third-order valence-corrected chi connectivity index (χ3v) is 7.32. The highest BCUT2D eigenvalue weighted by Crippen LogP contribution is 2.42. The van der Waals surface area contributed by atoms with Gasteiger partial charge in [0, 0.05) is 17.8 Å².